The Hall–Kier alpha value is 0.310. The Balaban J connectivity index is 1.28. The van der Waals surface area contributed by atoms with Gasteiger partial charge in [-0.2, -0.15) is 0 Å². The summed E-state index contributed by atoms with van der Waals surface area (Å²) in [6.45, 7) is 20.1. The topological polar surface area (TPSA) is 38.7 Å². The Morgan fingerprint density at radius 2 is 1.80 bits per heavy atom. The molecule has 0 aromatic carbocycles. The SMILES string of the molecule is CCOC(C)(C)CC1C[C@@H](C)C2C(C[C@@]3(C)[C@@H]4CCP5C(C)(C)[C@@H](O)CC[C@@]56C[C@@]46CC[C@]23C)O1. The molecule has 0 radical (unpaired) electrons. The van der Waals surface area contributed by atoms with Gasteiger partial charge in [0.25, 0.3) is 0 Å². The van der Waals surface area contributed by atoms with E-state index in [1.165, 1.54) is 51.1 Å². The van der Waals surface area contributed by atoms with Crippen molar-refractivity contribution in [2.75, 3.05) is 12.8 Å². The fourth-order valence-electron chi connectivity index (χ4n) is 11.8. The molecular formula is C31H53O3P. The summed E-state index contributed by atoms with van der Waals surface area (Å²) in [5.41, 5.74) is 1.27. The monoisotopic (exact) mass is 504 g/mol. The minimum Gasteiger partial charge on any atom is -0.392 e. The second kappa shape index (κ2) is 7.70. The zero-order chi connectivity index (χ0) is 25.2. The molecule has 6 aliphatic rings. The number of fused-ring (bicyclic) bond motifs is 4. The second-order valence-corrected chi connectivity index (χ2v) is 18.8. The molecule has 1 N–H and O–H groups in total. The molecule has 0 amide bonds. The van der Waals surface area contributed by atoms with E-state index in [1.54, 1.807) is 0 Å². The Morgan fingerprint density at radius 1 is 1.06 bits per heavy atom. The van der Waals surface area contributed by atoms with Crippen LogP contribution in [-0.4, -0.2) is 52.1 Å². The molecule has 0 aromatic heterocycles. The molecule has 6 fully saturated rings. The lowest BCUT2D eigenvalue weighted by Crippen LogP contribution is -2.57. The van der Waals surface area contributed by atoms with Gasteiger partial charge in [0.1, 0.15) is 0 Å². The third kappa shape index (κ3) is 3.17. The molecule has 3 aliphatic heterocycles. The summed E-state index contributed by atoms with van der Waals surface area (Å²) in [5, 5.41) is 11.7. The number of hydrogen-bond donors (Lipinski definition) is 1. The van der Waals surface area contributed by atoms with Crippen molar-refractivity contribution < 1.29 is 14.6 Å². The van der Waals surface area contributed by atoms with Gasteiger partial charge in [0.15, 0.2) is 0 Å². The van der Waals surface area contributed by atoms with Gasteiger partial charge in [-0.3, -0.25) is 0 Å². The summed E-state index contributed by atoms with van der Waals surface area (Å²) < 4.78 is 13.1. The molecule has 3 aliphatic carbocycles. The quantitative estimate of drug-likeness (QED) is 0.406. The van der Waals surface area contributed by atoms with Crippen molar-refractivity contribution in [3.63, 3.8) is 0 Å². The van der Waals surface area contributed by atoms with Crippen LogP contribution < -0.4 is 0 Å². The van der Waals surface area contributed by atoms with Crippen LogP contribution in [0, 0.1) is 34.0 Å². The van der Waals surface area contributed by atoms with Gasteiger partial charge in [0.2, 0.25) is 0 Å². The van der Waals surface area contributed by atoms with E-state index in [2.05, 4.69) is 55.4 Å². The highest BCUT2D eigenvalue weighted by Gasteiger charge is 2.83. The molecule has 3 saturated carbocycles. The highest BCUT2D eigenvalue weighted by atomic mass is 31.1. The summed E-state index contributed by atoms with van der Waals surface area (Å²) in [7, 11) is -0.0943. The first-order valence-corrected chi connectivity index (χ1v) is 16.5. The van der Waals surface area contributed by atoms with Crippen molar-refractivity contribution in [3.05, 3.63) is 0 Å². The minimum absolute atomic E-state index is 0.0839. The van der Waals surface area contributed by atoms with Crippen molar-refractivity contribution in [1.29, 1.82) is 0 Å². The van der Waals surface area contributed by atoms with Crippen molar-refractivity contribution in [3.8, 4) is 0 Å². The highest BCUT2D eigenvalue weighted by Crippen LogP contribution is 2.92. The molecule has 2 spiro atoms. The van der Waals surface area contributed by atoms with E-state index < -0.39 is 0 Å². The maximum atomic E-state index is 10.9. The first kappa shape index (κ1) is 25.6. The zero-order valence-electron chi connectivity index (χ0n) is 24.0. The van der Waals surface area contributed by atoms with E-state index in [4.69, 9.17) is 9.47 Å². The summed E-state index contributed by atoms with van der Waals surface area (Å²) in [6.07, 6.45) is 13.6. The van der Waals surface area contributed by atoms with E-state index in [0.717, 1.165) is 31.3 Å². The molecule has 4 heteroatoms. The molecule has 200 valence electrons. The third-order valence-corrected chi connectivity index (χ3v) is 17.6. The van der Waals surface area contributed by atoms with E-state index >= 15 is 0 Å². The van der Waals surface area contributed by atoms with Crippen molar-refractivity contribution in [2.45, 2.75) is 147 Å². The van der Waals surface area contributed by atoms with Crippen LogP contribution in [-0.2, 0) is 9.47 Å². The van der Waals surface area contributed by atoms with Gasteiger partial charge in [-0.25, -0.2) is 0 Å². The number of aliphatic hydroxyl groups excluding tert-OH is 1. The summed E-state index contributed by atoms with van der Waals surface area (Å²) in [5.74, 6) is 2.30. The fraction of sp³-hybridized carbons (Fsp3) is 1.00. The average molecular weight is 505 g/mol. The molecule has 3 nitrogen and oxygen atoms in total. The lowest BCUT2D eigenvalue weighted by molar-refractivity contribution is -0.149. The van der Waals surface area contributed by atoms with Gasteiger partial charge in [-0.05, 0) is 117 Å². The van der Waals surface area contributed by atoms with E-state index in [0.29, 0.717) is 39.5 Å². The van der Waals surface area contributed by atoms with Gasteiger partial charge in [0, 0.05) is 18.2 Å². The van der Waals surface area contributed by atoms with E-state index in [-0.39, 0.29) is 24.8 Å². The largest absolute Gasteiger partial charge is 0.392 e. The van der Waals surface area contributed by atoms with E-state index in [1.807, 2.05) is 0 Å². The lowest BCUT2D eigenvalue weighted by atomic mass is 9.46. The molecule has 3 heterocycles. The molecule has 35 heavy (non-hydrogen) atoms. The van der Waals surface area contributed by atoms with Gasteiger partial charge >= 0.3 is 0 Å². The van der Waals surface area contributed by atoms with Crippen LogP contribution in [0.5, 0.6) is 0 Å². The van der Waals surface area contributed by atoms with Gasteiger partial charge in [-0.15, -0.1) is 0 Å². The first-order valence-electron chi connectivity index (χ1n) is 15.0. The Labute approximate surface area is 216 Å². The second-order valence-electron chi connectivity index (χ2n) is 15.5. The van der Waals surface area contributed by atoms with Crippen LogP contribution in [0.4, 0.5) is 0 Å². The number of ether oxygens (including phenoxy) is 2. The minimum atomic E-state index is -0.103. The number of aliphatic hydroxyl groups is 1. The average Bonchev–Trinajstić information content (AvgIpc) is 3.34. The number of rotatable bonds is 4. The molecule has 6 rings (SSSR count). The van der Waals surface area contributed by atoms with Crippen LogP contribution in [0.2, 0.25) is 0 Å². The maximum Gasteiger partial charge on any atom is 0.0651 e. The third-order valence-electron chi connectivity index (χ3n) is 13.4. The Bertz CT molecular complexity index is 871. The van der Waals surface area contributed by atoms with Crippen LogP contribution >= 0.6 is 7.92 Å². The maximum absolute atomic E-state index is 10.9. The standard InChI is InChI=1S/C31H53O3P/c1-9-33-26(3,4)17-21-16-20(2)25-22(34-21)18-29(8)23-11-15-35-27(5,6)24(32)10-12-31(35)19-30(23,31)14-13-28(25,29)7/h20-25,32H,9-19H2,1-8H3/t20-,21?,22?,23+,24+,25?,28-,29+,30+,31+,35?/m1/s1. The van der Waals surface area contributed by atoms with Gasteiger partial charge in [0.05, 0.1) is 23.9 Å². The molecule has 0 bridgehead atoms. The smallest absolute Gasteiger partial charge is 0.0651 e. The van der Waals surface area contributed by atoms with E-state index in [9.17, 15) is 5.11 Å². The predicted molar refractivity (Wildman–Crippen MR) is 145 cm³/mol. The van der Waals surface area contributed by atoms with Crippen LogP contribution in [0.1, 0.15) is 113 Å². The normalized spacial score (nSPS) is 56.3. The summed E-state index contributed by atoms with van der Waals surface area (Å²) in [6, 6.07) is 0. The lowest BCUT2D eigenvalue weighted by Gasteiger charge is -2.63. The van der Waals surface area contributed by atoms with Gasteiger partial charge in [-0.1, -0.05) is 42.5 Å². The molecule has 4 unspecified atom stereocenters. The highest BCUT2D eigenvalue weighted by molar-refractivity contribution is 7.61. The van der Waals surface area contributed by atoms with Crippen LogP contribution in [0.3, 0.4) is 0 Å². The Morgan fingerprint density at radius 3 is 2.51 bits per heavy atom. The van der Waals surface area contributed by atoms with Crippen LogP contribution in [0.15, 0.2) is 0 Å². The van der Waals surface area contributed by atoms with Crippen molar-refractivity contribution >= 4 is 7.92 Å². The number of hydrogen-bond acceptors (Lipinski definition) is 3. The summed E-state index contributed by atoms with van der Waals surface area (Å²) >= 11 is 0. The first-order chi connectivity index (χ1) is 16.3. The predicted octanol–water partition coefficient (Wildman–Crippen LogP) is 7.38. The Kier molecular flexibility index (Phi) is 5.63. The molecule has 11 atom stereocenters. The summed E-state index contributed by atoms with van der Waals surface area (Å²) in [4.78, 5) is 0. The fourth-order valence-corrected chi connectivity index (χ4v) is 16.6. The molecule has 0 aromatic rings. The van der Waals surface area contributed by atoms with Crippen molar-refractivity contribution in [2.24, 2.45) is 34.0 Å². The van der Waals surface area contributed by atoms with Crippen molar-refractivity contribution in [1.82, 2.24) is 0 Å². The van der Waals surface area contributed by atoms with Gasteiger partial charge < -0.3 is 14.6 Å². The zero-order valence-corrected chi connectivity index (χ0v) is 24.8. The molecule has 3 saturated heterocycles. The van der Waals surface area contributed by atoms with Crippen LogP contribution in [0.25, 0.3) is 0 Å². The molecular weight excluding hydrogens is 451 g/mol.